The molecular weight excluding hydrogens is 204 g/mol. The second kappa shape index (κ2) is 5.77. The topological polar surface area (TPSA) is 50.3 Å². The van der Waals surface area contributed by atoms with Crippen LogP contribution >= 0.6 is 0 Å². The fourth-order valence-corrected chi connectivity index (χ4v) is 1.75. The monoisotopic (exact) mass is 222 g/mol. The van der Waals surface area contributed by atoms with Crippen LogP contribution in [-0.2, 0) is 11.3 Å². The zero-order chi connectivity index (χ0) is 11.2. The quantitative estimate of drug-likeness (QED) is 0.817. The van der Waals surface area contributed by atoms with Crippen molar-refractivity contribution in [1.82, 2.24) is 14.9 Å². The lowest BCUT2D eigenvalue weighted by atomic mass is 10.3. The van der Waals surface area contributed by atoms with Crippen LogP contribution in [0.1, 0.15) is 12.1 Å². The van der Waals surface area contributed by atoms with Crippen LogP contribution in [0.5, 0.6) is 0 Å². The predicted molar refractivity (Wildman–Crippen MR) is 62.3 cm³/mol. The Morgan fingerprint density at radius 2 is 2.25 bits per heavy atom. The first-order valence-electron chi connectivity index (χ1n) is 5.67. The fraction of sp³-hybridized carbons (Fsp3) is 0.636. The number of anilines is 1. The SMILES string of the molecule is CNc1cnc(CN2CCCOCC2)cn1. The summed E-state index contributed by atoms with van der Waals surface area (Å²) in [5.74, 6) is 0.808. The molecule has 0 unspecified atom stereocenters. The van der Waals surface area contributed by atoms with Crippen molar-refractivity contribution in [2.45, 2.75) is 13.0 Å². The third kappa shape index (κ3) is 3.15. The Kier molecular flexibility index (Phi) is 4.07. The molecule has 0 atom stereocenters. The summed E-state index contributed by atoms with van der Waals surface area (Å²) in [6.07, 6.45) is 4.70. The van der Waals surface area contributed by atoms with Crippen molar-refractivity contribution < 1.29 is 4.74 Å². The Balaban J connectivity index is 1.91. The fourth-order valence-electron chi connectivity index (χ4n) is 1.75. The Morgan fingerprint density at radius 3 is 3.00 bits per heavy atom. The van der Waals surface area contributed by atoms with Gasteiger partial charge in [0.1, 0.15) is 5.82 Å². The van der Waals surface area contributed by atoms with E-state index in [0.717, 1.165) is 50.8 Å². The van der Waals surface area contributed by atoms with Gasteiger partial charge in [0.05, 0.1) is 24.7 Å². The van der Waals surface area contributed by atoms with Crippen LogP contribution < -0.4 is 5.32 Å². The largest absolute Gasteiger partial charge is 0.380 e. The third-order valence-electron chi connectivity index (χ3n) is 2.66. The molecular formula is C11H18N4O. The molecule has 0 aliphatic carbocycles. The van der Waals surface area contributed by atoms with Gasteiger partial charge in [0.25, 0.3) is 0 Å². The molecule has 1 fully saturated rings. The number of aromatic nitrogens is 2. The number of nitrogens with zero attached hydrogens (tertiary/aromatic N) is 3. The molecule has 1 N–H and O–H groups in total. The van der Waals surface area contributed by atoms with Crippen LogP contribution in [0.15, 0.2) is 12.4 Å². The molecule has 1 aromatic heterocycles. The lowest BCUT2D eigenvalue weighted by Crippen LogP contribution is -2.26. The van der Waals surface area contributed by atoms with E-state index in [2.05, 4.69) is 20.2 Å². The molecule has 2 rings (SSSR count). The van der Waals surface area contributed by atoms with E-state index in [1.807, 2.05) is 13.2 Å². The van der Waals surface area contributed by atoms with E-state index in [1.54, 1.807) is 6.20 Å². The normalized spacial score (nSPS) is 18.1. The van der Waals surface area contributed by atoms with Crippen molar-refractivity contribution in [3.8, 4) is 0 Å². The summed E-state index contributed by atoms with van der Waals surface area (Å²) in [4.78, 5) is 11.0. The molecule has 0 aromatic carbocycles. The van der Waals surface area contributed by atoms with E-state index >= 15 is 0 Å². The number of ether oxygens (including phenoxy) is 1. The average Bonchev–Trinajstić information content (AvgIpc) is 2.59. The third-order valence-corrected chi connectivity index (χ3v) is 2.66. The molecule has 1 aliphatic heterocycles. The first kappa shape index (κ1) is 11.3. The van der Waals surface area contributed by atoms with E-state index in [0.29, 0.717) is 0 Å². The highest BCUT2D eigenvalue weighted by atomic mass is 16.5. The minimum atomic E-state index is 0.808. The van der Waals surface area contributed by atoms with Crippen molar-refractivity contribution in [3.63, 3.8) is 0 Å². The molecule has 2 heterocycles. The maximum Gasteiger partial charge on any atom is 0.144 e. The van der Waals surface area contributed by atoms with Crippen LogP contribution in [0.3, 0.4) is 0 Å². The van der Waals surface area contributed by atoms with Crippen molar-refractivity contribution >= 4 is 5.82 Å². The summed E-state index contributed by atoms with van der Waals surface area (Å²) in [5, 5.41) is 2.96. The van der Waals surface area contributed by atoms with Gasteiger partial charge in [-0.3, -0.25) is 9.88 Å². The standard InChI is InChI=1S/C11H18N4O/c1-12-11-8-13-10(7-14-11)9-15-3-2-5-16-6-4-15/h7-8H,2-6,9H2,1H3,(H,12,14). The summed E-state index contributed by atoms with van der Waals surface area (Å²) >= 11 is 0. The summed E-state index contributed by atoms with van der Waals surface area (Å²) < 4.78 is 5.41. The zero-order valence-corrected chi connectivity index (χ0v) is 9.65. The Morgan fingerprint density at radius 1 is 1.31 bits per heavy atom. The molecule has 5 nitrogen and oxygen atoms in total. The Labute approximate surface area is 95.8 Å². The van der Waals surface area contributed by atoms with Gasteiger partial charge in [-0.1, -0.05) is 0 Å². The maximum atomic E-state index is 5.41. The van der Waals surface area contributed by atoms with Gasteiger partial charge in [-0.15, -0.1) is 0 Å². The van der Waals surface area contributed by atoms with Crippen LogP contribution in [-0.4, -0.2) is 48.2 Å². The number of rotatable bonds is 3. The summed E-state index contributed by atoms with van der Waals surface area (Å²) in [7, 11) is 1.84. The van der Waals surface area contributed by atoms with Crippen molar-refractivity contribution in [3.05, 3.63) is 18.1 Å². The second-order valence-electron chi connectivity index (χ2n) is 3.89. The van der Waals surface area contributed by atoms with E-state index < -0.39 is 0 Å². The summed E-state index contributed by atoms with van der Waals surface area (Å²) in [6, 6.07) is 0. The van der Waals surface area contributed by atoms with Gasteiger partial charge in [0, 0.05) is 33.3 Å². The lowest BCUT2D eigenvalue weighted by molar-refractivity contribution is 0.140. The van der Waals surface area contributed by atoms with Gasteiger partial charge >= 0.3 is 0 Å². The number of hydrogen-bond donors (Lipinski definition) is 1. The van der Waals surface area contributed by atoms with E-state index in [9.17, 15) is 0 Å². The van der Waals surface area contributed by atoms with E-state index in [1.165, 1.54) is 0 Å². The molecule has 5 heteroatoms. The van der Waals surface area contributed by atoms with E-state index in [-0.39, 0.29) is 0 Å². The molecule has 0 bridgehead atoms. The molecule has 16 heavy (non-hydrogen) atoms. The van der Waals surface area contributed by atoms with Crippen molar-refractivity contribution in [1.29, 1.82) is 0 Å². The van der Waals surface area contributed by atoms with Crippen LogP contribution in [0, 0.1) is 0 Å². The number of nitrogens with one attached hydrogen (secondary N) is 1. The first-order chi connectivity index (χ1) is 7.88. The maximum absolute atomic E-state index is 5.41. The molecule has 88 valence electrons. The summed E-state index contributed by atoms with van der Waals surface area (Å²) in [5.41, 5.74) is 1.01. The van der Waals surface area contributed by atoms with Crippen molar-refractivity contribution in [2.75, 3.05) is 38.7 Å². The molecule has 1 aromatic rings. The van der Waals surface area contributed by atoms with Gasteiger partial charge in [-0.05, 0) is 6.42 Å². The summed E-state index contributed by atoms with van der Waals surface area (Å²) in [6.45, 7) is 4.62. The predicted octanol–water partition coefficient (Wildman–Crippen LogP) is 0.741. The molecule has 1 aliphatic rings. The minimum Gasteiger partial charge on any atom is -0.380 e. The van der Waals surface area contributed by atoms with Gasteiger partial charge in [-0.2, -0.15) is 0 Å². The Hall–Kier alpha value is -1.20. The molecule has 0 saturated carbocycles. The van der Waals surface area contributed by atoms with Gasteiger partial charge in [0.15, 0.2) is 0 Å². The average molecular weight is 222 g/mol. The molecule has 1 saturated heterocycles. The Bertz CT molecular complexity index is 306. The van der Waals surface area contributed by atoms with Crippen LogP contribution in [0.25, 0.3) is 0 Å². The highest BCUT2D eigenvalue weighted by molar-refractivity contribution is 5.29. The lowest BCUT2D eigenvalue weighted by Gasteiger charge is -2.18. The van der Waals surface area contributed by atoms with Crippen LogP contribution in [0.2, 0.25) is 0 Å². The highest BCUT2D eigenvalue weighted by Gasteiger charge is 2.10. The van der Waals surface area contributed by atoms with Crippen molar-refractivity contribution in [2.24, 2.45) is 0 Å². The molecule has 0 spiro atoms. The van der Waals surface area contributed by atoms with E-state index in [4.69, 9.17) is 4.74 Å². The molecule has 0 amide bonds. The van der Waals surface area contributed by atoms with Crippen LogP contribution in [0.4, 0.5) is 5.82 Å². The molecule has 0 radical (unpaired) electrons. The zero-order valence-electron chi connectivity index (χ0n) is 9.65. The second-order valence-corrected chi connectivity index (χ2v) is 3.89. The highest BCUT2D eigenvalue weighted by Crippen LogP contribution is 2.06. The minimum absolute atomic E-state index is 0.808. The van der Waals surface area contributed by atoms with Gasteiger partial charge in [-0.25, -0.2) is 4.98 Å². The van der Waals surface area contributed by atoms with Gasteiger partial charge in [0.2, 0.25) is 0 Å². The number of hydrogen-bond acceptors (Lipinski definition) is 5. The smallest absolute Gasteiger partial charge is 0.144 e. The first-order valence-corrected chi connectivity index (χ1v) is 5.67. The van der Waals surface area contributed by atoms with Gasteiger partial charge < -0.3 is 10.1 Å².